The third-order valence-corrected chi connectivity index (χ3v) is 4.75. The smallest absolute Gasteiger partial charge is 0.261 e. The number of nitrogens with zero attached hydrogens (tertiary/aromatic N) is 1. The quantitative estimate of drug-likeness (QED) is 0.427. The summed E-state index contributed by atoms with van der Waals surface area (Å²) in [5.41, 5.74) is 9.93. The summed E-state index contributed by atoms with van der Waals surface area (Å²) in [4.78, 5) is 29.3. The number of nitrogens with one attached hydrogen (secondary N) is 1. The molecule has 1 aromatic heterocycles. The Balaban J connectivity index is 1.38. The molecule has 0 atom stereocenters. The van der Waals surface area contributed by atoms with E-state index in [1.807, 2.05) is 24.4 Å². The van der Waals surface area contributed by atoms with Crippen LogP contribution in [0.3, 0.4) is 0 Å². The van der Waals surface area contributed by atoms with Gasteiger partial charge in [-0.25, -0.2) is 0 Å². The third kappa shape index (κ3) is 2.67. The maximum atomic E-state index is 12.3. The fourth-order valence-electron chi connectivity index (χ4n) is 3.43. The molecule has 25 heavy (non-hydrogen) atoms. The van der Waals surface area contributed by atoms with Crippen molar-refractivity contribution in [3.8, 4) is 0 Å². The number of aromatic nitrogens is 1. The molecule has 2 heterocycles. The van der Waals surface area contributed by atoms with Gasteiger partial charge in [0.15, 0.2) is 0 Å². The predicted octanol–water partition coefficient (Wildman–Crippen LogP) is 3.37. The first-order valence-electron chi connectivity index (χ1n) is 8.46. The van der Waals surface area contributed by atoms with E-state index in [4.69, 9.17) is 5.73 Å². The van der Waals surface area contributed by atoms with Crippen LogP contribution < -0.4 is 5.73 Å². The molecule has 5 heteroatoms. The summed E-state index contributed by atoms with van der Waals surface area (Å²) in [6.45, 7) is 0.455. The number of carbonyl (C=O) groups is 2. The molecule has 4 rings (SSSR count). The average molecular weight is 333 g/mol. The zero-order valence-corrected chi connectivity index (χ0v) is 13.8. The first kappa shape index (κ1) is 15.4. The number of benzene rings is 2. The Bertz CT molecular complexity index is 939. The van der Waals surface area contributed by atoms with Gasteiger partial charge in [-0.3, -0.25) is 14.5 Å². The highest BCUT2D eigenvalue weighted by molar-refractivity contribution is 6.21. The third-order valence-electron chi connectivity index (χ3n) is 4.75. The number of H-pyrrole nitrogens is 1. The Hall–Kier alpha value is -3.08. The molecule has 126 valence electrons. The minimum Gasteiger partial charge on any atom is -0.399 e. The molecule has 2 aromatic carbocycles. The van der Waals surface area contributed by atoms with Crippen molar-refractivity contribution < 1.29 is 9.59 Å². The molecule has 1 aliphatic rings. The van der Waals surface area contributed by atoms with Gasteiger partial charge in [0, 0.05) is 29.3 Å². The molecule has 5 nitrogen and oxygen atoms in total. The monoisotopic (exact) mass is 333 g/mol. The highest BCUT2D eigenvalue weighted by atomic mass is 16.2. The number of rotatable bonds is 5. The van der Waals surface area contributed by atoms with Crippen molar-refractivity contribution >= 4 is 28.4 Å². The fraction of sp³-hybridized carbons (Fsp3) is 0.200. The van der Waals surface area contributed by atoms with Crippen LogP contribution in [-0.2, 0) is 6.42 Å². The molecule has 0 unspecified atom stereocenters. The van der Waals surface area contributed by atoms with Gasteiger partial charge in [0.1, 0.15) is 0 Å². The lowest BCUT2D eigenvalue weighted by atomic mass is 10.1. The molecule has 3 N–H and O–H groups in total. The SMILES string of the molecule is Nc1ccc2[nH]cc(CCCCN3C(=O)c4ccccc4C3=O)c2c1. The summed E-state index contributed by atoms with van der Waals surface area (Å²) in [5, 5.41) is 1.14. The standard InChI is InChI=1S/C20H19N3O2/c21-14-8-9-18-17(11-14)13(12-22-18)5-3-4-10-23-19(24)15-6-1-2-7-16(15)20(23)25/h1-2,6-9,11-12,22H,3-5,10,21H2. The lowest BCUT2D eigenvalue weighted by Gasteiger charge is -2.13. The van der Waals surface area contributed by atoms with Gasteiger partial charge in [-0.2, -0.15) is 0 Å². The van der Waals surface area contributed by atoms with E-state index >= 15 is 0 Å². The Morgan fingerprint density at radius 3 is 2.40 bits per heavy atom. The maximum absolute atomic E-state index is 12.3. The second kappa shape index (κ2) is 6.09. The Morgan fingerprint density at radius 2 is 1.68 bits per heavy atom. The van der Waals surface area contributed by atoms with Crippen LogP contribution in [0.4, 0.5) is 5.69 Å². The molecule has 0 saturated heterocycles. The van der Waals surface area contributed by atoms with E-state index in [1.165, 1.54) is 10.5 Å². The molecule has 0 bridgehead atoms. The number of carbonyl (C=O) groups excluding carboxylic acids is 2. The molecular formula is C20H19N3O2. The average Bonchev–Trinajstić information content (AvgIpc) is 3.12. The topological polar surface area (TPSA) is 79.2 Å². The van der Waals surface area contributed by atoms with Gasteiger partial charge < -0.3 is 10.7 Å². The second-order valence-corrected chi connectivity index (χ2v) is 6.38. The van der Waals surface area contributed by atoms with Gasteiger partial charge in [-0.1, -0.05) is 12.1 Å². The zero-order valence-electron chi connectivity index (χ0n) is 13.8. The van der Waals surface area contributed by atoms with Crippen LogP contribution in [0.15, 0.2) is 48.7 Å². The number of hydrogen-bond acceptors (Lipinski definition) is 3. The van der Waals surface area contributed by atoms with Gasteiger partial charge in [0.25, 0.3) is 11.8 Å². The summed E-state index contributed by atoms with van der Waals surface area (Å²) in [7, 11) is 0. The highest BCUT2D eigenvalue weighted by Crippen LogP contribution is 2.24. The zero-order chi connectivity index (χ0) is 17.4. The summed E-state index contributed by atoms with van der Waals surface area (Å²) < 4.78 is 0. The normalized spacial score (nSPS) is 13.7. The number of fused-ring (bicyclic) bond motifs is 2. The van der Waals surface area contributed by atoms with Crippen LogP contribution in [0.2, 0.25) is 0 Å². The molecular weight excluding hydrogens is 314 g/mol. The van der Waals surface area contributed by atoms with Crippen LogP contribution in [-0.4, -0.2) is 28.2 Å². The van der Waals surface area contributed by atoms with E-state index in [2.05, 4.69) is 4.98 Å². The molecule has 0 spiro atoms. The van der Waals surface area contributed by atoms with Crippen molar-refractivity contribution in [3.05, 3.63) is 65.4 Å². The minimum absolute atomic E-state index is 0.180. The number of aromatic amines is 1. The van der Waals surface area contributed by atoms with Gasteiger partial charge in [0.05, 0.1) is 11.1 Å². The van der Waals surface area contributed by atoms with E-state index in [0.717, 1.165) is 35.9 Å². The van der Waals surface area contributed by atoms with Crippen LogP contribution in [0.5, 0.6) is 0 Å². The van der Waals surface area contributed by atoms with Gasteiger partial charge in [-0.05, 0) is 55.2 Å². The number of hydrogen-bond donors (Lipinski definition) is 2. The Labute approximate surface area is 145 Å². The fourth-order valence-corrected chi connectivity index (χ4v) is 3.43. The van der Waals surface area contributed by atoms with Crippen LogP contribution in [0, 0.1) is 0 Å². The first-order chi connectivity index (χ1) is 12.1. The van der Waals surface area contributed by atoms with Crippen LogP contribution in [0.1, 0.15) is 39.1 Å². The van der Waals surface area contributed by atoms with Crippen molar-refractivity contribution in [1.82, 2.24) is 9.88 Å². The van der Waals surface area contributed by atoms with Crippen LogP contribution >= 0.6 is 0 Å². The van der Waals surface area contributed by atoms with Gasteiger partial charge in [-0.15, -0.1) is 0 Å². The Morgan fingerprint density at radius 1 is 0.960 bits per heavy atom. The number of unbranched alkanes of at least 4 members (excludes halogenated alkanes) is 1. The van der Waals surface area contributed by atoms with E-state index in [0.29, 0.717) is 17.7 Å². The van der Waals surface area contributed by atoms with Crippen molar-refractivity contribution in [1.29, 1.82) is 0 Å². The number of nitrogen functional groups attached to an aromatic ring is 1. The van der Waals surface area contributed by atoms with Crippen molar-refractivity contribution in [3.63, 3.8) is 0 Å². The molecule has 0 fully saturated rings. The summed E-state index contributed by atoms with van der Waals surface area (Å²) >= 11 is 0. The number of imide groups is 1. The molecule has 2 amide bonds. The molecule has 0 aliphatic carbocycles. The minimum atomic E-state index is -0.180. The Kier molecular flexibility index (Phi) is 3.76. The van der Waals surface area contributed by atoms with E-state index in [9.17, 15) is 9.59 Å². The van der Waals surface area contributed by atoms with Gasteiger partial charge >= 0.3 is 0 Å². The summed E-state index contributed by atoms with van der Waals surface area (Å²) in [5.74, 6) is -0.360. The molecule has 0 radical (unpaired) electrons. The van der Waals surface area contributed by atoms with E-state index in [-0.39, 0.29) is 11.8 Å². The predicted molar refractivity (Wildman–Crippen MR) is 97.5 cm³/mol. The molecule has 1 aliphatic heterocycles. The van der Waals surface area contributed by atoms with Crippen molar-refractivity contribution in [2.24, 2.45) is 0 Å². The number of nitrogens with two attached hydrogens (primary N) is 1. The second-order valence-electron chi connectivity index (χ2n) is 6.38. The number of amides is 2. The summed E-state index contributed by atoms with van der Waals surface area (Å²) in [6, 6.07) is 12.8. The lowest BCUT2D eigenvalue weighted by Crippen LogP contribution is -2.30. The van der Waals surface area contributed by atoms with Crippen molar-refractivity contribution in [2.75, 3.05) is 12.3 Å². The molecule has 0 saturated carbocycles. The highest BCUT2D eigenvalue weighted by Gasteiger charge is 2.34. The van der Waals surface area contributed by atoms with Crippen molar-refractivity contribution in [2.45, 2.75) is 19.3 Å². The maximum Gasteiger partial charge on any atom is 0.261 e. The summed E-state index contributed by atoms with van der Waals surface area (Å²) in [6.07, 6.45) is 4.56. The number of aryl methyl sites for hydroxylation is 1. The van der Waals surface area contributed by atoms with E-state index < -0.39 is 0 Å². The molecule has 3 aromatic rings. The van der Waals surface area contributed by atoms with Crippen LogP contribution in [0.25, 0.3) is 10.9 Å². The van der Waals surface area contributed by atoms with E-state index in [1.54, 1.807) is 24.3 Å². The lowest BCUT2D eigenvalue weighted by molar-refractivity contribution is 0.0652. The van der Waals surface area contributed by atoms with Gasteiger partial charge in [0.2, 0.25) is 0 Å². The first-order valence-corrected chi connectivity index (χ1v) is 8.46. The number of anilines is 1. The largest absolute Gasteiger partial charge is 0.399 e.